The highest BCUT2D eigenvalue weighted by molar-refractivity contribution is 8.00. The van der Waals surface area contributed by atoms with Crippen LogP contribution in [0.25, 0.3) is 28.6 Å². The third-order valence-corrected chi connectivity index (χ3v) is 4.41. The third-order valence-electron chi connectivity index (χ3n) is 3.36. The van der Waals surface area contributed by atoms with Crippen LogP contribution in [0.4, 0.5) is 0 Å². The summed E-state index contributed by atoms with van der Waals surface area (Å²) >= 11 is 1.69. The van der Waals surface area contributed by atoms with Gasteiger partial charge in [0.1, 0.15) is 5.69 Å². The number of fused-ring (bicyclic) bond motifs is 1. The summed E-state index contributed by atoms with van der Waals surface area (Å²) in [6.45, 7) is 6.45. The average Bonchev–Trinajstić information content (AvgIpc) is 3.20. The molecule has 0 bridgehead atoms. The summed E-state index contributed by atoms with van der Waals surface area (Å²) in [4.78, 5) is 17.3. The second kappa shape index (κ2) is 5.96. The maximum Gasteiger partial charge on any atom is 0.258 e. The zero-order valence-corrected chi connectivity index (χ0v) is 14.9. The standard InChI is InChI=1S/C17H16N6OS/c1-17(2,3)25-14-8-11(4-5-19-14)16-21-15(22-24-16)12-9-20-13-10-18-6-7-23(12)13/h4-10H,1-3H3. The first-order chi connectivity index (χ1) is 12.0. The summed E-state index contributed by atoms with van der Waals surface area (Å²) < 4.78 is 7.40. The van der Waals surface area contributed by atoms with Crippen LogP contribution in [0.1, 0.15) is 20.8 Å². The molecular weight excluding hydrogens is 336 g/mol. The molecule has 0 aliphatic carbocycles. The van der Waals surface area contributed by atoms with Crippen molar-refractivity contribution in [1.82, 2.24) is 29.5 Å². The van der Waals surface area contributed by atoms with Crippen LogP contribution in [0.2, 0.25) is 0 Å². The smallest absolute Gasteiger partial charge is 0.258 e. The largest absolute Gasteiger partial charge is 0.334 e. The van der Waals surface area contributed by atoms with Gasteiger partial charge in [0.2, 0.25) is 5.82 Å². The first-order valence-electron chi connectivity index (χ1n) is 7.76. The van der Waals surface area contributed by atoms with Crippen molar-refractivity contribution < 1.29 is 4.52 Å². The van der Waals surface area contributed by atoms with Gasteiger partial charge in [-0.05, 0) is 12.1 Å². The molecule has 0 atom stereocenters. The fourth-order valence-electron chi connectivity index (χ4n) is 2.36. The van der Waals surface area contributed by atoms with Crippen molar-refractivity contribution in [2.45, 2.75) is 30.5 Å². The van der Waals surface area contributed by atoms with E-state index in [2.05, 4.69) is 45.9 Å². The van der Waals surface area contributed by atoms with E-state index >= 15 is 0 Å². The minimum atomic E-state index is 0.0795. The zero-order chi connectivity index (χ0) is 17.4. The summed E-state index contributed by atoms with van der Waals surface area (Å²) in [7, 11) is 0. The lowest BCUT2D eigenvalue weighted by Crippen LogP contribution is -2.07. The van der Waals surface area contributed by atoms with Crippen LogP contribution in [0, 0.1) is 0 Å². The Morgan fingerprint density at radius 1 is 1.12 bits per heavy atom. The Bertz CT molecular complexity index is 1030. The van der Waals surface area contributed by atoms with Crippen LogP contribution in [0.5, 0.6) is 0 Å². The number of hydrogen-bond acceptors (Lipinski definition) is 7. The van der Waals surface area contributed by atoms with E-state index in [0.29, 0.717) is 11.7 Å². The van der Waals surface area contributed by atoms with Crippen molar-refractivity contribution in [3.63, 3.8) is 0 Å². The minimum Gasteiger partial charge on any atom is -0.334 e. The van der Waals surface area contributed by atoms with Crippen molar-refractivity contribution in [2.75, 3.05) is 0 Å². The first-order valence-corrected chi connectivity index (χ1v) is 8.58. The van der Waals surface area contributed by atoms with E-state index in [0.717, 1.165) is 21.9 Å². The number of pyridine rings is 1. The van der Waals surface area contributed by atoms with Gasteiger partial charge >= 0.3 is 0 Å². The van der Waals surface area contributed by atoms with Gasteiger partial charge in [-0.1, -0.05) is 25.9 Å². The molecule has 126 valence electrons. The number of hydrogen-bond donors (Lipinski definition) is 0. The number of thioether (sulfide) groups is 1. The van der Waals surface area contributed by atoms with Crippen molar-refractivity contribution in [3.05, 3.63) is 43.1 Å². The van der Waals surface area contributed by atoms with Crippen molar-refractivity contribution in [1.29, 1.82) is 0 Å². The van der Waals surface area contributed by atoms with Crippen molar-refractivity contribution in [3.8, 4) is 23.0 Å². The molecule has 0 aromatic carbocycles. The molecule has 0 aliphatic heterocycles. The van der Waals surface area contributed by atoms with E-state index in [-0.39, 0.29) is 4.75 Å². The number of nitrogens with zero attached hydrogens (tertiary/aromatic N) is 6. The molecule has 0 unspecified atom stereocenters. The van der Waals surface area contributed by atoms with Gasteiger partial charge in [-0.25, -0.2) is 9.97 Å². The van der Waals surface area contributed by atoms with Crippen molar-refractivity contribution >= 4 is 17.4 Å². The Morgan fingerprint density at radius 3 is 2.84 bits per heavy atom. The molecule has 4 aromatic rings. The normalized spacial score (nSPS) is 12.0. The van der Waals surface area contributed by atoms with Gasteiger partial charge in [0.25, 0.3) is 5.89 Å². The quantitative estimate of drug-likeness (QED) is 0.520. The molecule has 0 aliphatic rings. The monoisotopic (exact) mass is 352 g/mol. The molecule has 0 radical (unpaired) electrons. The van der Waals surface area contributed by atoms with Crippen LogP contribution < -0.4 is 0 Å². The van der Waals surface area contributed by atoms with E-state index in [1.165, 1.54) is 0 Å². The lowest BCUT2D eigenvalue weighted by atomic mass is 10.2. The average molecular weight is 352 g/mol. The Labute approximate surface area is 148 Å². The van der Waals surface area contributed by atoms with Gasteiger partial charge in [0.15, 0.2) is 5.65 Å². The van der Waals surface area contributed by atoms with Crippen LogP contribution in [-0.4, -0.2) is 34.2 Å². The van der Waals surface area contributed by atoms with Crippen LogP contribution >= 0.6 is 11.8 Å². The molecule has 0 amide bonds. The summed E-state index contributed by atoms with van der Waals surface area (Å²) in [6.07, 6.45) is 8.66. The number of aromatic nitrogens is 6. The molecule has 7 nitrogen and oxygen atoms in total. The van der Waals surface area contributed by atoms with E-state index in [9.17, 15) is 0 Å². The predicted octanol–water partition coefficient (Wildman–Crippen LogP) is 3.73. The highest BCUT2D eigenvalue weighted by atomic mass is 32.2. The molecule has 4 heterocycles. The Kier molecular flexibility index (Phi) is 3.76. The topological polar surface area (TPSA) is 82.0 Å². The minimum absolute atomic E-state index is 0.0795. The predicted molar refractivity (Wildman–Crippen MR) is 95.1 cm³/mol. The molecule has 0 saturated heterocycles. The van der Waals surface area contributed by atoms with Gasteiger partial charge in [0, 0.05) is 28.9 Å². The Balaban J connectivity index is 1.69. The Hall–Kier alpha value is -2.74. The van der Waals surface area contributed by atoms with Crippen LogP contribution in [-0.2, 0) is 0 Å². The molecular formula is C17H16N6OS. The van der Waals surface area contributed by atoms with Gasteiger partial charge in [-0.15, -0.1) is 11.8 Å². The summed E-state index contributed by atoms with van der Waals surface area (Å²) in [5.74, 6) is 0.938. The molecule has 4 rings (SSSR count). The van der Waals surface area contributed by atoms with E-state index in [1.54, 1.807) is 36.5 Å². The van der Waals surface area contributed by atoms with Gasteiger partial charge in [-0.3, -0.25) is 9.38 Å². The van der Waals surface area contributed by atoms with Crippen LogP contribution in [0.3, 0.4) is 0 Å². The third kappa shape index (κ3) is 3.25. The SMILES string of the molecule is CC(C)(C)Sc1cc(-c2nc(-c3cnc4cnccn34)no2)ccn1. The van der Waals surface area contributed by atoms with Gasteiger partial charge < -0.3 is 4.52 Å². The van der Waals surface area contributed by atoms with Crippen molar-refractivity contribution in [2.24, 2.45) is 0 Å². The van der Waals surface area contributed by atoms with E-state index < -0.39 is 0 Å². The molecule has 0 spiro atoms. The second-order valence-electron chi connectivity index (χ2n) is 6.47. The van der Waals surface area contributed by atoms with E-state index in [1.807, 2.05) is 22.7 Å². The highest BCUT2D eigenvalue weighted by Crippen LogP contribution is 2.32. The first kappa shape index (κ1) is 15.8. The molecule has 4 aromatic heterocycles. The maximum absolute atomic E-state index is 5.45. The number of rotatable bonds is 3. The van der Waals surface area contributed by atoms with Gasteiger partial charge in [-0.2, -0.15) is 4.98 Å². The molecule has 0 fully saturated rings. The highest BCUT2D eigenvalue weighted by Gasteiger charge is 2.17. The number of imidazole rings is 1. The molecule has 0 N–H and O–H groups in total. The fourth-order valence-corrected chi connectivity index (χ4v) is 3.29. The van der Waals surface area contributed by atoms with Crippen LogP contribution in [0.15, 0.2) is 52.7 Å². The lowest BCUT2D eigenvalue weighted by molar-refractivity contribution is 0.432. The molecule has 0 saturated carbocycles. The fraction of sp³-hybridized carbons (Fsp3) is 0.235. The second-order valence-corrected chi connectivity index (χ2v) is 8.32. The summed E-state index contributed by atoms with van der Waals surface area (Å²) in [6, 6.07) is 3.83. The maximum atomic E-state index is 5.45. The van der Waals surface area contributed by atoms with E-state index in [4.69, 9.17) is 4.52 Å². The summed E-state index contributed by atoms with van der Waals surface area (Å²) in [5, 5.41) is 5.02. The Morgan fingerprint density at radius 2 is 2.00 bits per heavy atom. The lowest BCUT2D eigenvalue weighted by Gasteiger charge is -2.16. The molecule has 8 heteroatoms. The molecule has 25 heavy (non-hydrogen) atoms. The summed E-state index contributed by atoms with van der Waals surface area (Å²) in [5.41, 5.74) is 2.33. The zero-order valence-electron chi connectivity index (χ0n) is 14.0. The van der Waals surface area contributed by atoms with Gasteiger partial charge in [0.05, 0.1) is 17.4 Å².